The summed E-state index contributed by atoms with van der Waals surface area (Å²) in [5.74, 6) is 1.21. The van der Waals surface area contributed by atoms with E-state index in [4.69, 9.17) is 28.2 Å². The van der Waals surface area contributed by atoms with Crippen LogP contribution in [-0.2, 0) is 4.79 Å². The smallest absolute Gasteiger partial charge is 0.266 e. The van der Waals surface area contributed by atoms with Crippen molar-refractivity contribution in [3.63, 3.8) is 0 Å². The van der Waals surface area contributed by atoms with Gasteiger partial charge in [-0.05, 0) is 51.3 Å². The van der Waals surface area contributed by atoms with Gasteiger partial charge in [-0.25, -0.2) is 0 Å². The molecule has 26 heavy (non-hydrogen) atoms. The Hall–Kier alpha value is -1.60. The van der Waals surface area contributed by atoms with Crippen molar-refractivity contribution in [2.75, 3.05) is 27.2 Å². The molecule has 0 atom stereocenters. The molecule has 4 nitrogen and oxygen atoms in total. The van der Waals surface area contributed by atoms with Gasteiger partial charge < -0.3 is 9.32 Å². The van der Waals surface area contributed by atoms with Crippen LogP contribution < -0.4 is 0 Å². The normalized spacial score (nSPS) is 16.3. The van der Waals surface area contributed by atoms with Crippen LogP contribution in [0.3, 0.4) is 0 Å². The molecule has 136 valence electrons. The van der Waals surface area contributed by atoms with E-state index in [-0.39, 0.29) is 5.91 Å². The van der Waals surface area contributed by atoms with Crippen LogP contribution in [0.2, 0.25) is 5.02 Å². The van der Waals surface area contributed by atoms with Crippen molar-refractivity contribution in [2.45, 2.75) is 6.42 Å². The van der Waals surface area contributed by atoms with E-state index in [1.807, 2.05) is 50.5 Å². The van der Waals surface area contributed by atoms with Crippen LogP contribution in [0.15, 0.2) is 45.7 Å². The summed E-state index contributed by atoms with van der Waals surface area (Å²) in [5, 5.41) is 0.626. The second-order valence-corrected chi connectivity index (χ2v) is 8.26. The summed E-state index contributed by atoms with van der Waals surface area (Å²) >= 11 is 12.9. The lowest BCUT2D eigenvalue weighted by Gasteiger charge is -2.16. The van der Waals surface area contributed by atoms with Gasteiger partial charge in [0.2, 0.25) is 0 Å². The fourth-order valence-electron chi connectivity index (χ4n) is 2.60. The van der Waals surface area contributed by atoms with E-state index in [1.165, 1.54) is 11.8 Å². The van der Waals surface area contributed by atoms with Crippen molar-refractivity contribution in [3.8, 4) is 11.3 Å². The Bertz CT molecular complexity index is 861. The first-order valence-electron chi connectivity index (χ1n) is 8.20. The molecule has 0 bridgehead atoms. The zero-order valence-electron chi connectivity index (χ0n) is 14.6. The molecule has 1 fully saturated rings. The highest BCUT2D eigenvalue weighted by molar-refractivity contribution is 8.26. The first-order valence-corrected chi connectivity index (χ1v) is 9.81. The highest BCUT2D eigenvalue weighted by Gasteiger charge is 2.31. The molecule has 7 heteroatoms. The monoisotopic (exact) mass is 406 g/mol. The lowest BCUT2D eigenvalue weighted by molar-refractivity contribution is -0.122. The number of hydrogen-bond acceptors (Lipinski definition) is 5. The van der Waals surface area contributed by atoms with Gasteiger partial charge in [0.15, 0.2) is 0 Å². The molecule has 0 saturated carbocycles. The zero-order valence-corrected chi connectivity index (χ0v) is 17.0. The van der Waals surface area contributed by atoms with Gasteiger partial charge in [0.05, 0.1) is 9.93 Å². The van der Waals surface area contributed by atoms with E-state index in [0.717, 1.165) is 18.5 Å². The van der Waals surface area contributed by atoms with E-state index >= 15 is 0 Å². The number of nitrogens with zero attached hydrogens (tertiary/aromatic N) is 2. The van der Waals surface area contributed by atoms with Crippen molar-refractivity contribution < 1.29 is 9.21 Å². The van der Waals surface area contributed by atoms with Crippen LogP contribution in [0, 0.1) is 0 Å². The summed E-state index contributed by atoms with van der Waals surface area (Å²) in [6.45, 7) is 1.54. The van der Waals surface area contributed by atoms with Crippen LogP contribution in [0.5, 0.6) is 0 Å². The maximum Gasteiger partial charge on any atom is 0.266 e. The molecule has 2 heterocycles. The molecule has 0 spiro atoms. The third kappa shape index (κ3) is 4.38. The van der Waals surface area contributed by atoms with Gasteiger partial charge in [0, 0.05) is 18.2 Å². The molecule has 1 aromatic heterocycles. The number of benzene rings is 1. The van der Waals surface area contributed by atoms with Crippen molar-refractivity contribution in [1.82, 2.24) is 9.80 Å². The van der Waals surface area contributed by atoms with Crippen LogP contribution in [0.25, 0.3) is 17.4 Å². The topological polar surface area (TPSA) is 36.7 Å². The Labute approximate surface area is 167 Å². The number of thioether (sulfide) groups is 1. The molecule has 3 rings (SSSR count). The summed E-state index contributed by atoms with van der Waals surface area (Å²) in [5.41, 5.74) is 0.824. The minimum atomic E-state index is -0.0607. The van der Waals surface area contributed by atoms with Gasteiger partial charge in [-0.1, -0.05) is 47.7 Å². The van der Waals surface area contributed by atoms with E-state index in [9.17, 15) is 4.79 Å². The minimum Gasteiger partial charge on any atom is -0.457 e. The zero-order chi connectivity index (χ0) is 18.7. The minimum absolute atomic E-state index is 0.0607. The largest absolute Gasteiger partial charge is 0.457 e. The number of amides is 1. The Balaban J connectivity index is 1.74. The molecule has 1 aliphatic rings. The molecule has 1 saturated heterocycles. The van der Waals surface area contributed by atoms with Gasteiger partial charge in [0.1, 0.15) is 15.8 Å². The Morgan fingerprint density at radius 3 is 2.77 bits per heavy atom. The average molecular weight is 407 g/mol. The number of thiocarbonyl (C=S) groups is 1. The van der Waals surface area contributed by atoms with E-state index in [2.05, 4.69) is 4.90 Å². The van der Waals surface area contributed by atoms with Gasteiger partial charge in [0.25, 0.3) is 5.91 Å². The molecule has 0 radical (unpaired) electrons. The van der Waals surface area contributed by atoms with Gasteiger partial charge in [-0.15, -0.1) is 0 Å². The number of hydrogen-bond donors (Lipinski definition) is 0. The van der Waals surface area contributed by atoms with E-state index in [1.54, 1.807) is 11.0 Å². The molecule has 1 aromatic carbocycles. The number of halogens is 1. The number of rotatable bonds is 6. The van der Waals surface area contributed by atoms with Crippen LogP contribution >= 0.6 is 35.6 Å². The van der Waals surface area contributed by atoms with Gasteiger partial charge in [-0.3, -0.25) is 9.69 Å². The number of furan rings is 1. The summed E-state index contributed by atoms with van der Waals surface area (Å²) in [6.07, 6.45) is 2.62. The molecule has 0 N–H and O–H groups in total. The van der Waals surface area contributed by atoms with Crippen LogP contribution in [-0.4, -0.2) is 47.2 Å². The number of carbonyl (C=O) groups excluding carboxylic acids is 1. The Morgan fingerprint density at radius 1 is 1.27 bits per heavy atom. The van der Waals surface area contributed by atoms with Crippen LogP contribution in [0.4, 0.5) is 0 Å². The second-order valence-electron chi connectivity index (χ2n) is 6.17. The third-order valence-electron chi connectivity index (χ3n) is 3.90. The lowest BCUT2D eigenvalue weighted by atomic mass is 10.2. The lowest BCUT2D eigenvalue weighted by Crippen LogP contribution is -2.30. The molecular formula is C19H19ClN2O2S2. The molecule has 0 unspecified atom stereocenters. The number of carbonyl (C=O) groups is 1. The summed E-state index contributed by atoms with van der Waals surface area (Å²) in [7, 11) is 4.02. The van der Waals surface area contributed by atoms with Crippen molar-refractivity contribution in [1.29, 1.82) is 0 Å². The highest BCUT2D eigenvalue weighted by Crippen LogP contribution is 2.34. The van der Waals surface area contributed by atoms with Crippen molar-refractivity contribution >= 4 is 51.9 Å². The summed E-state index contributed by atoms with van der Waals surface area (Å²) in [6, 6.07) is 11.2. The average Bonchev–Trinajstić information content (AvgIpc) is 3.15. The maximum absolute atomic E-state index is 12.6. The predicted octanol–water partition coefficient (Wildman–Crippen LogP) is 4.75. The van der Waals surface area contributed by atoms with Crippen LogP contribution in [0.1, 0.15) is 12.2 Å². The fraction of sp³-hybridized carbons (Fsp3) is 0.263. The quantitative estimate of drug-likeness (QED) is 0.511. The third-order valence-corrected chi connectivity index (χ3v) is 5.61. The highest BCUT2D eigenvalue weighted by atomic mass is 35.5. The second kappa shape index (κ2) is 8.39. The van der Waals surface area contributed by atoms with E-state index in [0.29, 0.717) is 32.3 Å². The molecule has 1 aliphatic heterocycles. The van der Waals surface area contributed by atoms with Gasteiger partial charge in [-0.2, -0.15) is 0 Å². The molecule has 1 amide bonds. The molecule has 2 aromatic rings. The van der Waals surface area contributed by atoms with Crippen molar-refractivity contribution in [2.24, 2.45) is 0 Å². The molecular weight excluding hydrogens is 388 g/mol. The van der Waals surface area contributed by atoms with E-state index < -0.39 is 0 Å². The predicted molar refractivity (Wildman–Crippen MR) is 112 cm³/mol. The van der Waals surface area contributed by atoms with Gasteiger partial charge >= 0.3 is 0 Å². The summed E-state index contributed by atoms with van der Waals surface area (Å²) in [4.78, 5) is 16.9. The maximum atomic E-state index is 12.6. The Kier molecular flexibility index (Phi) is 6.19. The standard InChI is InChI=1S/C19H19ClN2O2S2/c1-21(2)10-5-11-22-18(23)17(26-19(22)25)12-13-8-9-16(24-13)14-6-3-4-7-15(14)20/h3-4,6-9,12H,5,10-11H2,1-2H3. The Morgan fingerprint density at radius 2 is 2.04 bits per heavy atom. The SMILES string of the molecule is CN(C)CCCN1C(=O)C(=Cc2ccc(-c3ccccc3Cl)o2)SC1=S. The fourth-order valence-corrected chi connectivity index (χ4v) is 4.12. The summed E-state index contributed by atoms with van der Waals surface area (Å²) < 4.78 is 6.44. The van der Waals surface area contributed by atoms with Crippen molar-refractivity contribution in [3.05, 3.63) is 52.1 Å². The molecule has 0 aliphatic carbocycles. The first kappa shape index (κ1) is 19.2. The first-order chi connectivity index (χ1) is 12.5.